The van der Waals surface area contributed by atoms with Crippen LogP contribution < -0.4 is 5.32 Å². The van der Waals surface area contributed by atoms with Crippen LogP contribution in [0.15, 0.2) is 48.7 Å². The predicted molar refractivity (Wildman–Crippen MR) is 120 cm³/mol. The number of aromatic nitrogens is 1. The average Bonchev–Trinajstić information content (AvgIpc) is 2.78. The van der Waals surface area contributed by atoms with Gasteiger partial charge in [-0.25, -0.2) is 17.5 Å². The Kier molecular flexibility index (Phi) is 7.91. The molecule has 0 aliphatic carbocycles. The number of sulfonamides is 1. The molecule has 1 aromatic carbocycles. The molecule has 0 unspecified atom stereocenters. The number of halogens is 1. The number of hydrogen-bond acceptors (Lipinski definition) is 5. The lowest BCUT2D eigenvalue weighted by Gasteiger charge is -2.41. The Bertz CT molecular complexity index is 977. The van der Waals surface area contributed by atoms with Crippen molar-refractivity contribution >= 4 is 27.7 Å². The Morgan fingerprint density at radius 2 is 1.90 bits per heavy atom. The summed E-state index contributed by atoms with van der Waals surface area (Å²) in [5.41, 5.74) is 1.12. The maximum atomic E-state index is 12.5. The van der Waals surface area contributed by atoms with E-state index in [9.17, 15) is 13.2 Å². The Morgan fingerprint density at radius 1 is 1.19 bits per heavy atom. The van der Waals surface area contributed by atoms with Crippen LogP contribution in [0.1, 0.15) is 37.4 Å². The summed E-state index contributed by atoms with van der Waals surface area (Å²) in [5, 5.41) is 3.39. The van der Waals surface area contributed by atoms with Gasteiger partial charge >= 0.3 is 6.09 Å². The van der Waals surface area contributed by atoms with Crippen molar-refractivity contribution in [1.29, 1.82) is 0 Å². The molecule has 1 aromatic heterocycles. The van der Waals surface area contributed by atoms with Crippen LogP contribution in [0.5, 0.6) is 0 Å². The fourth-order valence-electron chi connectivity index (χ4n) is 3.83. The Labute approximate surface area is 188 Å². The minimum atomic E-state index is -3.25. The molecule has 1 aliphatic rings. The Hall–Kier alpha value is -2.16. The normalized spacial score (nSPS) is 16.6. The number of alkyl carbamates (subject to hydrolysis) is 1. The second-order valence-corrected chi connectivity index (χ2v) is 10.2. The van der Waals surface area contributed by atoms with Crippen molar-refractivity contribution in [2.24, 2.45) is 0 Å². The molecule has 0 atom stereocenters. The van der Waals surface area contributed by atoms with Crippen molar-refractivity contribution in [3.8, 4) is 0 Å². The van der Waals surface area contributed by atoms with Crippen LogP contribution >= 0.6 is 11.6 Å². The molecule has 31 heavy (non-hydrogen) atoms. The molecule has 0 spiro atoms. The molecule has 0 radical (unpaired) electrons. The van der Waals surface area contributed by atoms with Gasteiger partial charge in [0.25, 0.3) is 0 Å². The number of carbonyl (C=O) groups is 1. The summed E-state index contributed by atoms with van der Waals surface area (Å²) < 4.78 is 31.8. The zero-order valence-corrected chi connectivity index (χ0v) is 19.2. The highest BCUT2D eigenvalue weighted by Gasteiger charge is 2.40. The molecule has 168 valence electrons. The standard InChI is InChI=1S/C22H28ClN3O4S/c1-2-15-31(28,29)26-13-10-22(11-14-26,20-9-5-6-12-24-20)17-25-21(27)30-16-18-7-3-4-8-19(18)23/h3-9,12H,2,10-11,13-17H2,1H3,(H,25,27). The third-order valence-electron chi connectivity index (χ3n) is 5.63. The third kappa shape index (κ3) is 5.96. The molecule has 3 rings (SSSR count). The SMILES string of the molecule is CCCS(=O)(=O)N1CCC(CNC(=O)OCc2ccccc2Cl)(c2ccccn2)CC1. The van der Waals surface area contributed by atoms with E-state index in [-0.39, 0.29) is 12.4 Å². The topological polar surface area (TPSA) is 88.6 Å². The van der Waals surface area contributed by atoms with Gasteiger partial charge < -0.3 is 10.1 Å². The zero-order valence-electron chi connectivity index (χ0n) is 17.6. The molecule has 1 amide bonds. The molecule has 7 nitrogen and oxygen atoms in total. The van der Waals surface area contributed by atoms with Gasteiger partial charge in [0, 0.05) is 47.5 Å². The highest BCUT2D eigenvalue weighted by atomic mass is 35.5. The Balaban J connectivity index is 1.65. The first-order chi connectivity index (χ1) is 14.9. The van der Waals surface area contributed by atoms with Gasteiger partial charge in [-0.15, -0.1) is 0 Å². The number of ether oxygens (including phenoxy) is 1. The number of rotatable bonds is 8. The van der Waals surface area contributed by atoms with Crippen LogP contribution in [0.3, 0.4) is 0 Å². The van der Waals surface area contributed by atoms with Gasteiger partial charge in [0.1, 0.15) is 6.61 Å². The van der Waals surface area contributed by atoms with Gasteiger partial charge in [-0.2, -0.15) is 0 Å². The van der Waals surface area contributed by atoms with Gasteiger partial charge in [0.05, 0.1) is 5.75 Å². The molecule has 1 saturated heterocycles. The first kappa shape index (κ1) is 23.5. The van der Waals surface area contributed by atoms with Crippen LogP contribution in [0.25, 0.3) is 0 Å². The van der Waals surface area contributed by atoms with Crippen LogP contribution in [0, 0.1) is 0 Å². The maximum Gasteiger partial charge on any atom is 0.407 e. The van der Waals surface area contributed by atoms with E-state index in [2.05, 4.69) is 10.3 Å². The quantitative estimate of drug-likeness (QED) is 0.641. The van der Waals surface area contributed by atoms with Gasteiger partial charge in [-0.1, -0.05) is 42.8 Å². The summed E-state index contributed by atoms with van der Waals surface area (Å²) in [4.78, 5) is 16.9. The van der Waals surface area contributed by atoms with E-state index in [1.165, 1.54) is 0 Å². The van der Waals surface area contributed by atoms with E-state index in [1.807, 2.05) is 37.3 Å². The molecular weight excluding hydrogens is 438 g/mol. The maximum absolute atomic E-state index is 12.5. The monoisotopic (exact) mass is 465 g/mol. The summed E-state index contributed by atoms with van der Waals surface area (Å²) in [5.74, 6) is 0.149. The summed E-state index contributed by atoms with van der Waals surface area (Å²) in [6, 6.07) is 12.9. The third-order valence-corrected chi connectivity index (χ3v) is 8.08. The number of amides is 1. The number of nitrogens with one attached hydrogen (secondary N) is 1. The largest absolute Gasteiger partial charge is 0.445 e. The van der Waals surface area contributed by atoms with Gasteiger partial charge in [-0.05, 0) is 37.5 Å². The predicted octanol–water partition coefficient (Wildman–Crippen LogP) is 3.73. The number of hydrogen-bond donors (Lipinski definition) is 1. The molecule has 2 heterocycles. The lowest BCUT2D eigenvalue weighted by atomic mass is 9.75. The van der Waals surface area contributed by atoms with Crippen LogP contribution in [0.2, 0.25) is 5.02 Å². The van der Waals surface area contributed by atoms with Crippen LogP contribution in [-0.2, 0) is 26.8 Å². The van der Waals surface area contributed by atoms with Crippen molar-refractivity contribution < 1.29 is 17.9 Å². The van der Waals surface area contributed by atoms with E-state index in [1.54, 1.807) is 22.6 Å². The molecule has 9 heteroatoms. The summed E-state index contributed by atoms with van der Waals surface area (Å²) in [6.07, 6.45) is 2.89. The van der Waals surface area contributed by atoms with Crippen LogP contribution in [0.4, 0.5) is 4.79 Å². The second-order valence-electron chi connectivity index (χ2n) is 7.73. The number of nitrogens with zero attached hydrogens (tertiary/aromatic N) is 2. The molecule has 1 N–H and O–H groups in total. The van der Waals surface area contributed by atoms with Gasteiger partial charge in [-0.3, -0.25) is 4.98 Å². The zero-order chi connectivity index (χ0) is 22.3. The molecule has 2 aromatic rings. The van der Waals surface area contributed by atoms with E-state index in [0.717, 1.165) is 11.3 Å². The molecule has 1 fully saturated rings. The van der Waals surface area contributed by atoms with Crippen molar-refractivity contribution in [1.82, 2.24) is 14.6 Å². The Morgan fingerprint density at radius 3 is 2.55 bits per heavy atom. The number of piperidine rings is 1. The number of carbonyl (C=O) groups excluding carboxylic acids is 1. The molecule has 0 bridgehead atoms. The fourth-order valence-corrected chi connectivity index (χ4v) is 5.53. The van der Waals surface area contributed by atoms with Crippen molar-refractivity contribution in [2.75, 3.05) is 25.4 Å². The fraction of sp³-hybridized carbons (Fsp3) is 0.455. The van der Waals surface area contributed by atoms with Crippen molar-refractivity contribution in [3.63, 3.8) is 0 Å². The smallest absolute Gasteiger partial charge is 0.407 e. The molecule has 1 aliphatic heterocycles. The first-order valence-corrected chi connectivity index (χ1v) is 12.4. The van der Waals surface area contributed by atoms with Gasteiger partial charge in [0.2, 0.25) is 10.0 Å². The van der Waals surface area contributed by atoms with Crippen molar-refractivity contribution in [3.05, 3.63) is 64.9 Å². The second kappa shape index (κ2) is 10.4. The van der Waals surface area contributed by atoms with Crippen molar-refractivity contribution in [2.45, 2.75) is 38.2 Å². The van der Waals surface area contributed by atoms with Crippen LogP contribution in [-0.4, -0.2) is 49.2 Å². The first-order valence-electron chi connectivity index (χ1n) is 10.4. The van der Waals surface area contributed by atoms with E-state index in [0.29, 0.717) is 43.9 Å². The average molecular weight is 466 g/mol. The lowest BCUT2D eigenvalue weighted by molar-refractivity contribution is 0.132. The molecule has 0 saturated carbocycles. The lowest BCUT2D eigenvalue weighted by Crippen LogP contribution is -2.51. The highest BCUT2D eigenvalue weighted by Crippen LogP contribution is 2.35. The number of pyridine rings is 1. The number of benzene rings is 1. The van der Waals surface area contributed by atoms with E-state index < -0.39 is 21.5 Å². The minimum absolute atomic E-state index is 0.0745. The summed E-state index contributed by atoms with van der Waals surface area (Å²) >= 11 is 6.11. The summed E-state index contributed by atoms with van der Waals surface area (Å²) in [7, 11) is -3.25. The molecular formula is C22H28ClN3O4S. The minimum Gasteiger partial charge on any atom is -0.445 e. The highest BCUT2D eigenvalue weighted by molar-refractivity contribution is 7.89. The summed E-state index contributed by atoms with van der Waals surface area (Å²) in [6.45, 7) is 3.04. The van der Waals surface area contributed by atoms with E-state index in [4.69, 9.17) is 16.3 Å². The van der Waals surface area contributed by atoms with E-state index >= 15 is 0 Å². The van der Waals surface area contributed by atoms with Gasteiger partial charge in [0.15, 0.2) is 0 Å².